The highest BCUT2D eigenvalue weighted by Crippen LogP contribution is 2.28. The molecule has 0 bridgehead atoms. The summed E-state index contributed by atoms with van der Waals surface area (Å²) in [5, 5.41) is 3.14. The third kappa shape index (κ3) is 1.53. The molecule has 1 aliphatic rings. The van der Waals surface area contributed by atoms with Crippen molar-refractivity contribution in [1.29, 1.82) is 0 Å². The van der Waals surface area contributed by atoms with Crippen LogP contribution in [0.3, 0.4) is 0 Å². The third-order valence-electron chi connectivity index (χ3n) is 2.51. The summed E-state index contributed by atoms with van der Waals surface area (Å²) < 4.78 is 7.83. The number of hydrogen-bond donors (Lipinski definition) is 1. The topological polar surface area (TPSA) is 42.8 Å². The first kappa shape index (κ1) is 8.90. The molecule has 0 amide bonds. The summed E-state index contributed by atoms with van der Waals surface area (Å²) in [6.45, 7) is 2.90. The SMILES string of the molecule is CC1OCCC1c1nc(=S)n(C)[nH]1. The predicted octanol–water partition coefficient (Wildman–Crippen LogP) is 1.37. The molecule has 1 aromatic heterocycles. The summed E-state index contributed by atoms with van der Waals surface area (Å²) in [5.74, 6) is 1.33. The first-order valence-corrected chi connectivity index (χ1v) is 4.84. The number of rotatable bonds is 1. The summed E-state index contributed by atoms with van der Waals surface area (Å²) in [4.78, 5) is 4.28. The van der Waals surface area contributed by atoms with Crippen molar-refractivity contribution in [3.05, 3.63) is 10.6 Å². The van der Waals surface area contributed by atoms with Gasteiger partial charge in [-0.05, 0) is 25.6 Å². The first-order chi connectivity index (χ1) is 6.18. The highest BCUT2D eigenvalue weighted by atomic mass is 32.1. The van der Waals surface area contributed by atoms with E-state index in [0.29, 0.717) is 10.7 Å². The fourth-order valence-corrected chi connectivity index (χ4v) is 1.82. The minimum absolute atomic E-state index is 0.251. The van der Waals surface area contributed by atoms with Crippen LogP contribution in [0.1, 0.15) is 25.1 Å². The van der Waals surface area contributed by atoms with Gasteiger partial charge in [0.05, 0.1) is 6.10 Å². The molecule has 0 saturated carbocycles. The number of ether oxygens (including phenoxy) is 1. The average molecular weight is 199 g/mol. The van der Waals surface area contributed by atoms with Crippen LogP contribution < -0.4 is 0 Å². The van der Waals surface area contributed by atoms with Crippen molar-refractivity contribution in [2.75, 3.05) is 6.61 Å². The van der Waals surface area contributed by atoms with Crippen molar-refractivity contribution < 1.29 is 4.74 Å². The predicted molar refractivity (Wildman–Crippen MR) is 51.2 cm³/mol. The number of nitrogens with zero attached hydrogens (tertiary/aromatic N) is 2. The maximum absolute atomic E-state index is 5.47. The van der Waals surface area contributed by atoms with E-state index in [9.17, 15) is 0 Å². The first-order valence-electron chi connectivity index (χ1n) is 4.43. The van der Waals surface area contributed by atoms with Gasteiger partial charge in [-0.3, -0.25) is 9.78 Å². The van der Waals surface area contributed by atoms with Crippen LogP contribution in [-0.2, 0) is 11.8 Å². The second-order valence-electron chi connectivity index (χ2n) is 3.42. The van der Waals surface area contributed by atoms with Gasteiger partial charge in [0.1, 0.15) is 5.82 Å². The fourth-order valence-electron chi connectivity index (χ4n) is 1.68. The lowest BCUT2D eigenvalue weighted by molar-refractivity contribution is 0.117. The summed E-state index contributed by atoms with van der Waals surface area (Å²) in [7, 11) is 1.87. The zero-order valence-corrected chi connectivity index (χ0v) is 8.60. The number of hydrogen-bond acceptors (Lipinski definition) is 3. The van der Waals surface area contributed by atoms with Gasteiger partial charge in [0.25, 0.3) is 0 Å². The van der Waals surface area contributed by atoms with Gasteiger partial charge < -0.3 is 4.74 Å². The van der Waals surface area contributed by atoms with E-state index < -0.39 is 0 Å². The second-order valence-corrected chi connectivity index (χ2v) is 3.79. The summed E-state index contributed by atoms with van der Waals surface area (Å²) in [5.41, 5.74) is 0. The van der Waals surface area contributed by atoms with Gasteiger partial charge in [0, 0.05) is 19.6 Å². The van der Waals surface area contributed by atoms with E-state index in [-0.39, 0.29) is 6.10 Å². The molecule has 4 nitrogen and oxygen atoms in total. The number of aromatic nitrogens is 3. The molecule has 0 aliphatic carbocycles. The summed E-state index contributed by atoms with van der Waals surface area (Å²) in [6, 6.07) is 0. The van der Waals surface area contributed by atoms with Crippen LogP contribution in [-0.4, -0.2) is 27.5 Å². The minimum atomic E-state index is 0.251. The quantitative estimate of drug-likeness (QED) is 0.695. The Morgan fingerprint density at radius 1 is 1.69 bits per heavy atom. The highest BCUT2D eigenvalue weighted by Gasteiger charge is 2.28. The molecule has 1 saturated heterocycles. The molecule has 0 spiro atoms. The number of H-pyrrole nitrogens is 1. The maximum atomic E-state index is 5.47. The lowest BCUT2D eigenvalue weighted by Gasteiger charge is -2.09. The van der Waals surface area contributed by atoms with Crippen LogP contribution in [0.2, 0.25) is 0 Å². The van der Waals surface area contributed by atoms with Crippen LogP contribution in [0.15, 0.2) is 0 Å². The van der Waals surface area contributed by atoms with Gasteiger partial charge >= 0.3 is 0 Å². The Morgan fingerprint density at radius 2 is 2.46 bits per heavy atom. The molecule has 0 aromatic carbocycles. The number of nitrogens with one attached hydrogen (secondary N) is 1. The van der Waals surface area contributed by atoms with E-state index in [4.69, 9.17) is 17.0 Å². The van der Waals surface area contributed by atoms with Crippen LogP contribution in [0.4, 0.5) is 0 Å². The lowest BCUT2D eigenvalue weighted by atomic mass is 10.0. The minimum Gasteiger partial charge on any atom is -0.378 e. The Kier molecular flexibility index (Phi) is 2.21. The molecular weight excluding hydrogens is 186 g/mol. The highest BCUT2D eigenvalue weighted by molar-refractivity contribution is 7.71. The van der Waals surface area contributed by atoms with Gasteiger partial charge in [-0.2, -0.15) is 0 Å². The van der Waals surface area contributed by atoms with Crippen molar-refractivity contribution in [1.82, 2.24) is 14.8 Å². The summed E-state index contributed by atoms with van der Waals surface area (Å²) in [6.07, 6.45) is 1.28. The van der Waals surface area contributed by atoms with Gasteiger partial charge in [-0.15, -0.1) is 0 Å². The smallest absolute Gasteiger partial charge is 0.215 e. The average Bonchev–Trinajstić information content (AvgIpc) is 2.60. The number of aromatic amines is 1. The Hall–Kier alpha value is -0.680. The van der Waals surface area contributed by atoms with Crippen LogP contribution in [0, 0.1) is 4.77 Å². The van der Waals surface area contributed by atoms with Crippen molar-refractivity contribution in [3.8, 4) is 0 Å². The van der Waals surface area contributed by atoms with Crippen molar-refractivity contribution in [2.24, 2.45) is 7.05 Å². The molecule has 5 heteroatoms. The largest absolute Gasteiger partial charge is 0.378 e. The van der Waals surface area contributed by atoms with Gasteiger partial charge in [-0.25, -0.2) is 4.98 Å². The normalized spacial score (nSPS) is 28.2. The van der Waals surface area contributed by atoms with Crippen molar-refractivity contribution in [2.45, 2.75) is 25.4 Å². The molecule has 1 fully saturated rings. The van der Waals surface area contributed by atoms with Gasteiger partial charge in [0.15, 0.2) is 0 Å². The molecule has 1 aromatic rings. The van der Waals surface area contributed by atoms with Crippen molar-refractivity contribution >= 4 is 12.2 Å². The van der Waals surface area contributed by atoms with E-state index in [1.807, 2.05) is 7.05 Å². The van der Waals surface area contributed by atoms with E-state index >= 15 is 0 Å². The Morgan fingerprint density at radius 3 is 2.92 bits per heavy atom. The standard InChI is InChI=1S/C8H13N3OS/c1-5-6(3-4-12-5)7-9-8(13)11(2)10-7/h5-6H,3-4H2,1-2H3,(H,9,10,13). The Labute approximate surface area is 81.9 Å². The Bertz CT molecular complexity index is 357. The second kappa shape index (κ2) is 3.23. The lowest BCUT2D eigenvalue weighted by Crippen LogP contribution is -2.11. The van der Waals surface area contributed by atoms with Crippen LogP contribution in [0.5, 0.6) is 0 Å². The molecule has 2 rings (SSSR count). The van der Waals surface area contributed by atoms with Crippen LogP contribution in [0.25, 0.3) is 0 Å². The molecule has 1 aliphatic heterocycles. The molecule has 0 radical (unpaired) electrons. The summed E-state index contributed by atoms with van der Waals surface area (Å²) >= 11 is 5.03. The van der Waals surface area contributed by atoms with E-state index in [2.05, 4.69) is 17.0 Å². The molecule has 1 N–H and O–H groups in total. The van der Waals surface area contributed by atoms with E-state index in [1.54, 1.807) is 4.68 Å². The zero-order valence-electron chi connectivity index (χ0n) is 7.78. The molecule has 2 atom stereocenters. The maximum Gasteiger partial charge on any atom is 0.215 e. The van der Waals surface area contributed by atoms with Crippen LogP contribution >= 0.6 is 12.2 Å². The van der Waals surface area contributed by atoms with E-state index in [0.717, 1.165) is 18.9 Å². The fraction of sp³-hybridized carbons (Fsp3) is 0.750. The monoisotopic (exact) mass is 199 g/mol. The molecule has 72 valence electrons. The molecule has 2 unspecified atom stereocenters. The zero-order chi connectivity index (χ0) is 9.42. The van der Waals surface area contributed by atoms with Gasteiger partial charge in [0.2, 0.25) is 4.77 Å². The number of aryl methyl sites for hydroxylation is 1. The molecular formula is C8H13N3OS. The molecule has 13 heavy (non-hydrogen) atoms. The van der Waals surface area contributed by atoms with Gasteiger partial charge in [-0.1, -0.05) is 0 Å². The van der Waals surface area contributed by atoms with Crippen molar-refractivity contribution in [3.63, 3.8) is 0 Å². The van der Waals surface area contributed by atoms with E-state index in [1.165, 1.54) is 0 Å². The molecule has 2 heterocycles. The third-order valence-corrected chi connectivity index (χ3v) is 2.88. The Balaban J connectivity index is 2.29.